The topological polar surface area (TPSA) is 94.9 Å². The lowest BCUT2D eigenvalue weighted by Crippen LogP contribution is -2.06. The van der Waals surface area contributed by atoms with Crippen LogP contribution in [0.25, 0.3) is 11.3 Å². The number of nitrogen functional groups attached to an aromatic ring is 2. The van der Waals surface area contributed by atoms with Crippen LogP contribution in [0.3, 0.4) is 0 Å². The fourth-order valence-corrected chi connectivity index (χ4v) is 2.23. The maximum atomic E-state index is 13.3. The predicted octanol–water partition coefficient (Wildman–Crippen LogP) is 2.68. The number of carbonyl (C=O) groups excluding carboxylic acids is 1. The van der Waals surface area contributed by atoms with Crippen LogP contribution in [-0.2, 0) is 0 Å². The van der Waals surface area contributed by atoms with Gasteiger partial charge in [-0.25, -0.2) is 14.4 Å². The first-order valence-corrected chi connectivity index (χ1v) is 6.83. The summed E-state index contributed by atoms with van der Waals surface area (Å²) in [7, 11) is 0. The molecule has 4 N–H and O–H groups in total. The highest BCUT2D eigenvalue weighted by molar-refractivity contribution is 6.12. The third-order valence-corrected chi connectivity index (χ3v) is 3.35. The van der Waals surface area contributed by atoms with Crippen molar-refractivity contribution in [3.05, 3.63) is 71.7 Å². The number of halogens is 1. The van der Waals surface area contributed by atoms with Crippen molar-refractivity contribution in [2.24, 2.45) is 0 Å². The van der Waals surface area contributed by atoms with E-state index in [2.05, 4.69) is 9.97 Å². The molecule has 0 amide bonds. The molecule has 0 radical (unpaired) electrons. The second-order valence-electron chi connectivity index (χ2n) is 4.94. The summed E-state index contributed by atoms with van der Waals surface area (Å²) in [4.78, 5) is 20.5. The molecule has 0 spiro atoms. The molecular weight excluding hydrogens is 295 g/mol. The Bertz CT molecular complexity index is 895. The molecule has 1 aromatic heterocycles. The van der Waals surface area contributed by atoms with Gasteiger partial charge < -0.3 is 11.5 Å². The van der Waals surface area contributed by atoms with E-state index in [1.165, 1.54) is 24.4 Å². The average Bonchev–Trinajstić information content (AvgIpc) is 2.54. The predicted molar refractivity (Wildman–Crippen MR) is 86.1 cm³/mol. The number of aromatic nitrogens is 2. The first-order chi connectivity index (χ1) is 11.0. The largest absolute Gasteiger partial charge is 0.398 e. The van der Waals surface area contributed by atoms with Crippen LogP contribution in [0, 0.1) is 5.82 Å². The second kappa shape index (κ2) is 5.84. The lowest BCUT2D eigenvalue weighted by molar-refractivity contribution is 0.103. The van der Waals surface area contributed by atoms with Crippen LogP contribution in [-0.4, -0.2) is 15.8 Å². The van der Waals surface area contributed by atoms with E-state index in [1.54, 1.807) is 30.3 Å². The molecular formula is C17H13FN4O. The van der Waals surface area contributed by atoms with Crippen molar-refractivity contribution < 1.29 is 9.18 Å². The van der Waals surface area contributed by atoms with Crippen molar-refractivity contribution in [3.63, 3.8) is 0 Å². The smallest absolute Gasteiger partial charge is 0.220 e. The third kappa shape index (κ3) is 3.01. The molecule has 0 fully saturated rings. The zero-order chi connectivity index (χ0) is 16.4. The minimum atomic E-state index is -0.478. The maximum absolute atomic E-state index is 13.3. The van der Waals surface area contributed by atoms with Gasteiger partial charge in [0.2, 0.25) is 5.95 Å². The number of nitrogens with two attached hydrogens (primary N) is 2. The summed E-state index contributed by atoms with van der Waals surface area (Å²) in [5.74, 6) is -0.697. The normalized spacial score (nSPS) is 10.5. The highest BCUT2D eigenvalue weighted by Crippen LogP contribution is 2.24. The van der Waals surface area contributed by atoms with Gasteiger partial charge in [-0.1, -0.05) is 18.2 Å². The molecule has 0 saturated carbocycles. The van der Waals surface area contributed by atoms with Crippen molar-refractivity contribution in [3.8, 4) is 11.3 Å². The molecule has 0 aliphatic rings. The van der Waals surface area contributed by atoms with E-state index in [0.29, 0.717) is 16.9 Å². The minimum absolute atomic E-state index is 0.136. The lowest BCUT2D eigenvalue weighted by atomic mass is 9.98. The number of benzene rings is 2. The summed E-state index contributed by atoms with van der Waals surface area (Å²) in [6.07, 6.45) is 1.53. The molecule has 0 saturated heterocycles. The third-order valence-electron chi connectivity index (χ3n) is 3.35. The number of hydrogen-bond donors (Lipinski definition) is 2. The van der Waals surface area contributed by atoms with Gasteiger partial charge in [-0.15, -0.1) is 0 Å². The lowest BCUT2D eigenvalue weighted by Gasteiger charge is -2.08. The van der Waals surface area contributed by atoms with Crippen LogP contribution < -0.4 is 11.5 Å². The van der Waals surface area contributed by atoms with Gasteiger partial charge in [0.25, 0.3) is 0 Å². The van der Waals surface area contributed by atoms with E-state index in [1.807, 2.05) is 0 Å². The van der Waals surface area contributed by atoms with Crippen LogP contribution in [0.5, 0.6) is 0 Å². The SMILES string of the molecule is Nc1nccc(-c2ccc(N)c(C(=O)c3cccc(F)c3)c2)n1. The summed E-state index contributed by atoms with van der Waals surface area (Å²) >= 11 is 0. The fourth-order valence-electron chi connectivity index (χ4n) is 2.23. The second-order valence-corrected chi connectivity index (χ2v) is 4.94. The average molecular weight is 308 g/mol. The van der Waals surface area contributed by atoms with Crippen LogP contribution in [0.4, 0.5) is 16.0 Å². The minimum Gasteiger partial charge on any atom is -0.398 e. The summed E-state index contributed by atoms with van der Waals surface area (Å²) in [6, 6.07) is 12.1. The zero-order valence-corrected chi connectivity index (χ0v) is 12.0. The molecule has 0 unspecified atom stereocenters. The molecule has 0 aliphatic heterocycles. The standard InChI is InChI=1S/C17H13FN4O/c18-12-3-1-2-11(8-12)16(23)13-9-10(4-5-14(13)19)15-6-7-21-17(20)22-15/h1-9H,19H2,(H2,20,21,22). The van der Waals surface area contributed by atoms with Crippen molar-refractivity contribution in [1.29, 1.82) is 0 Å². The van der Waals surface area contributed by atoms with E-state index in [4.69, 9.17) is 11.5 Å². The van der Waals surface area contributed by atoms with Crippen LogP contribution >= 0.6 is 0 Å². The number of hydrogen-bond acceptors (Lipinski definition) is 5. The molecule has 2 aromatic carbocycles. The van der Waals surface area contributed by atoms with Crippen molar-refractivity contribution in [2.45, 2.75) is 0 Å². The quantitative estimate of drug-likeness (QED) is 0.573. The van der Waals surface area contributed by atoms with Gasteiger partial charge in [0.05, 0.1) is 5.69 Å². The van der Waals surface area contributed by atoms with Gasteiger partial charge in [0.15, 0.2) is 5.78 Å². The van der Waals surface area contributed by atoms with E-state index in [-0.39, 0.29) is 22.9 Å². The Balaban J connectivity index is 2.06. The summed E-state index contributed by atoms with van der Waals surface area (Å²) in [5, 5.41) is 0. The highest BCUT2D eigenvalue weighted by atomic mass is 19.1. The van der Waals surface area contributed by atoms with Crippen LogP contribution in [0.15, 0.2) is 54.7 Å². The Morgan fingerprint density at radius 2 is 1.87 bits per heavy atom. The first-order valence-electron chi connectivity index (χ1n) is 6.83. The van der Waals surface area contributed by atoms with Crippen molar-refractivity contribution >= 4 is 17.4 Å². The Labute approximate surface area is 131 Å². The van der Waals surface area contributed by atoms with Gasteiger partial charge in [-0.2, -0.15) is 0 Å². The molecule has 3 aromatic rings. The van der Waals surface area contributed by atoms with E-state index >= 15 is 0 Å². The van der Waals surface area contributed by atoms with E-state index < -0.39 is 5.82 Å². The molecule has 0 aliphatic carbocycles. The summed E-state index contributed by atoms with van der Waals surface area (Å²) in [5.41, 5.74) is 13.6. The number of anilines is 2. The van der Waals surface area contributed by atoms with Crippen molar-refractivity contribution in [2.75, 3.05) is 11.5 Å². The van der Waals surface area contributed by atoms with Gasteiger partial charge in [-0.3, -0.25) is 4.79 Å². The Kier molecular flexibility index (Phi) is 3.72. The van der Waals surface area contributed by atoms with Gasteiger partial charge in [0, 0.05) is 28.6 Å². The number of rotatable bonds is 3. The zero-order valence-electron chi connectivity index (χ0n) is 12.0. The molecule has 5 nitrogen and oxygen atoms in total. The van der Waals surface area contributed by atoms with Gasteiger partial charge in [0.1, 0.15) is 5.82 Å². The van der Waals surface area contributed by atoms with E-state index in [0.717, 1.165) is 0 Å². The summed E-state index contributed by atoms with van der Waals surface area (Å²) in [6.45, 7) is 0. The van der Waals surface area contributed by atoms with Crippen LogP contribution in [0.1, 0.15) is 15.9 Å². The number of carbonyl (C=O) groups is 1. The van der Waals surface area contributed by atoms with Crippen molar-refractivity contribution in [1.82, 2.24) is 9.97 Å². The molecule has 0 bridgehead atoms. The Hall–Kier alpha value is -3.28. The molecule has 1 heterocycles. The fraction of sp³-hybridized carbons (Fsp3) is 0. The maximum Gasteiger partial charge on any atom is 0.220 e. The number of nitrogens with zero attached hydrogens (tertiary/aromatic N) is 2. The molecule has 0 atom stereocenters. The molecule has 114 valence electrons. The van der Waals surface area contributed by atoms with Gasteiger partial charge >= 0.3 is 0 Å². The molecule has 3 rings (SSSR count). The first kappa shape index (κ1) is 14.6. The van der Waals surface area contributed by atoms with Gasteiger partial charge in [-0.05, 0) is 30.3 Å². The van der Waals surface area contributed by atoms with Crippen LogP contribution in [0.2, 0.25) is 0 Å². The molecule has 6 heteroatoms. The van der Waals surface area contributed by atoms with E-state index in [9.17, 15) is 9.18 Å². The monoisotopic (exact) mass is 308 g/mol. The summed E-state index contributed by atoms with van der Waals surface area (Å²) < 4.78 is 13.3. The Morgan fingerprint density at radius 1 is 1.04 bits per heavy atom. The highest BCUT2D eigenvalue weighted by Gasteiger charge is 2.14. The molecule has 23 heavy (non-hydrogen) atoms. The Morgan fingerprint density at radius 3 is 2.61 bits per heavy atom. The number of ketones is 1.